The zero-order valence-electron chi connectivity index (χ0n) is 10.9. The Hall–Kier alpha value is -0.280. The monoisotopic (exact) mass is 250 g/mol. The molecule has 0 rings (SSSR count). The van der Waals surface area contributed by atoms with Gasteiger partial charge in [0.15, 0.2) is 0 Å². The van der Waals surface area contributed by atoms with Crippen molar-refractivity contribution in [2.75, 3.05) is 13.1 Å². The molecule has 0 saturated carbocycles. The summed E-state index contributed by atoms with van der Waals surface area (Å²) in [6.07, 6.45) is 5.65. The molecule has 1 unspecified atom stereocenters. The standard InChI is InChI=1S/C12H26N2O.ClH/c1-4-6-7-9-14(12(15)10-13)11(3)8-5-2;/h11H,4-10,13H2,1-3H3;1H. The van der Waals surface area contributed by atoms with Gasteiger partial charge in [-0.05, 0) is 19.8 Å². The fraction of sp³-hybridized carbons (Fsp3) is 0.917. The first kappa shape index (κ1) is 18.1. The average Bonchev–Trinajstić information content (AvgIpc) is 2.23. The van der Waals surface area contributed by atoms with Gasteiger partial charge in [0.25, 0.3) is 0 Å². The van der Waals surface area contributed by atoms with Crippen LogP contribution in [0.5, 0.6) is 0 Å². The molecule has 0 radical (unpaired) electrons. The van der Waals surface area contributed by atoms with Crippen molar-refractivity contribution in [2.45, 2.75) is 58.9 Å². The maximum absolute atomic E-state index is 11.6. The van der Waals surface area contributed by atoms with E-state index in [9.17, 15) is 4.79 Å². The highest BCUT2D eigenvalue weighted by molar-refractivity contribution is 5.85. The van der Waals surface area contributed by atoms with Crippen molar-refractivity contribution < 1.29 is 4.79 Å². The lowest BCUT2D eigenvalue weighted by Crippen LogP contribution is -2.42. The van der Waals surface area contributed by atoms with Crippen LogP contribution in [-0.4, -0.2) is 29.9 Å². The number of hydrogen-bond donors (Lipinski definition) is 1. The second-order valence-corrected chi connectivity index (χ2v) is 4.14. The molecule has 2 N–H and O–H groups in total. The third-order valence-corrected chi connectivity index (χ3v) is 2.74. The second-order valence-electron chi connectivity index (χ2n) is 4.14. The smallest absolute Gasteiger partial charge is 0.236 e. The molecule has 0 spiro atoms. The van der Waals surface area contributed by atoms with Crippen molar-refractivity contribution in [3.8, 4) is 0 Å². The molecule has 0 aliphatic rings. The van der Waals surface area contributed by atoms with Gasteiger partial charge in [0.2, 0.25) is 5.91 Å². The number of unbranched alkanes of at least 4 members (excludes halogenated alkanes) is 2. The molecule has 0 aliphatic carbocycles. The maximum Gasteiger partial charge on any atom is 0.236 e. The van der Waals surface area contributed by atoms with Gasteiger partial charge in [0.05, 0.1) is 6.54 Å². The van der Waals surface area contributed by atoms with Crippen LogP contribution in [0.3, 0.4) is 0 Å². The van der Waals surface area contributed by atoms with Crippen LogP contribution in [0.2, 0.25) is 0 Å². The van der Waals surface area contributed by atoms with Gasteiger partial charge in [-0.3, -0.25) is 4.79 Å². The predicted octanol–water partition coefficient (Wildman–Crippen LogP) is 2.57. The van der Waals surface area contributed by atoms with Crippen LogP contribution < -0.4 is 5.73 Å². The number of carbonyl (C=O) groups is 1. The highest BCUT2D eigenvalue weighted by atomic mass is 35.5. The summed E-state index contributed by atoms with van der Waals surface area (Å²) in [4.78, 5) is 13.6. The number of rotatable bonds is 8. The number of amides is 1. The molecular formula is C12H27ClN2O. The minimum absolute atomic E-state index is 0. The van der Waals surface area contributed by atoms with Gasteiger partial charge >= 0.3 is 0 Å². The molecule has 3 nitrogen and oxygen atoms in total. The first-order valence-electron chi connectivity index (χ1n) is 6.16. The first-order chi connectivity index (χ1) is 7.17. The van der Waals surface area contributed by atoms with E-state index in [4.69, 9.17) is 5.73 Å². The average molecular weight is 251 g/mol. The Labute approximate surface area is 106 Å². The molecule has 0 aliphatic heterocycles. The molecule has 0 bridgehead atoms. The third kappa shape index (κ3) is 7.07. The Morgan fingerprint density at radius 3 is 2.31 bits per heavy atom. The largest absolute Gasteiger partial charge is 0.339 e. The molecule has 0 aromatic heterocycles. The van der Waals surface area contributed by atoms with E-state index in [-0.39, 0.29) is 24.9 Å². The topological polar surface area (TPSA) is 46.3 Å². The number of nitrogens with zero attached hydrogens (tertiary/aromatic N) is 1. The number of halogens is 1. The van der Waals surface area contributed by atoms with E-state index in [1.807, 2.05) is 4.90 Å². The normalized spacial score (nSPS) is 11.8. The molecule has 98 valence electrons. The molecule has 1 atom stereocenters. The lowest BCUT2D eigenvalue weighted by atomic mass is 10.1. The first-order valence-corrected chi connectivity index (χ1v) is 6.16. The molecule has 1 amide bonds. The van der Waals surface area contributed by atoms with Gasteiger partial charge in [0.1, 0.15) is 0 Å². The summed E-state index contributed by atoms with van der Waals surface area (Å²) in [5, 5.41) is 0. The van der Waals surface area contributed by atoms with Crippen LogP contribution >= 0.6 is 12.4 Å². The Morgan fingerprint density at radius 2 is 1.88 bits per heavy atom. The summed E-state index contributed by atoms with van der Waals surface area (Å²) < 4.78 is 0. The van der Waals surface area contributed by atoms with Gasteiger partial charge in [-0.15, -0.1) is 12.4 Å². The van der Waals surface area contributed by atoms with E-state index in [0.29, 0.717) is 6.04 Å². The van der Waals surface area contributed by atoms with Crippen LogP contribution in [0.25, 0.3) is 0 Å². The van der Waals surface area contributed by atoms with Gasteiger partial charge in [-0.2, -0.15) is 0 Å². The van der Waals surface area contributed by atoms with E-state index < -0.39 is 0 Å². The number of nitrogens with two attached hydrogens (primary N) is 1. The van der Waals surface area contributed by atoms with E-state index in [0.717, 1.165) is 25.8 Å². The minimum atomic E-state index is 0. The molecule has 0 heterocycles. The third-order valence-electron chi connectivity index (χ3n) is 2.74. The Bertz CT molecular complexity index is 176. The fourth-order valence-corrected chi connectivity index (χ4v) is 1.81. The molecule has 16 heavy (non-hydrogen) atoms. The van der Waals surface area contributed by atoms with E-state index in [2.05, 4.69) is 20.8 Å². The van der Waals surface area contributed by atoms with Crippen molar-refractivity contribution in [1.29, 1.82) is 0 Å². The minimum Gasteiger partial charge on any atom is -0.339 e. The Morgan fingerprint density at radius 1 is 1.25 bits per heavy atom. The van der Waals surface area contributed by atoms with Crippen molar-refractivity contribution >= 4 is 18.3 Å². The van der Waals surface area contributed by atoms with Crippen LogP contribution in [0.1, 0.15) is 52.9 Å². The summed E-state index contributed by atoms with van der Waals surface area (Å²) in [5.74, 6) is 0.0899. The predicted molar refractivity (Wildman–Crippen MR) is 71.9 cm³/mol. The van der Waals surface area contributed by atoms with E-state index >= 15 is 0 Å². The maximum atomic E-state index is 11.6. The van der Waals surface area contributed by atoms with Crippen LogP contribution in [0.15, 0.2) is 0 Å². The van der Waals surface area contributed by atoms with Gasteiger partial charge in [-0.25, -0.2) is 0 Å². The SMILES string of the molecule is CCCCCN(C(=O)CN)C(C)CCC.Cl. The quantitative estimate of drug-likeness (QED) is 0.673. The van der Waals surface area contributed by atoms with Crippen LogP contribution in [0, 0.1) is 0 Å². The van der Waals surface area contributed by atoms with Gasteiger partial charge in [-0.1, -0.05) is 33.1 Å². The molecule has 0 aromatic rings. The summed E-state index contributed by atoms with van der Waals surface area (Å²) in [6.45, 7) is 7.44. The summed E-state index contributed by atoms with van der Waals surface area (Å²) in [6, 6.07) is 0.336. The number of hydrogen-bond acceptors (Lipinski definition) is 2. The van der Waals surface area contributed by atoms with Crippen molar-refractivity contribution in [3.63, 3.8) is 0 Å². The summed E-state index contributed by atoms with van der Waals surface area (Å²) in [7, 11) is 0. The number of carbonyl (C=O) groups excluding carboxylic acids is 1. The zero-order chi connectivity index (χ0) is 11.7. The van der Waals surface area contributed by atoms with Crippen LogP contribution in [-0.2, 0) is 4.79 Å². The molecule has 4 heteroatoms. The van der Waals surface area contributed by atoms with Crippen molar-refractivity contribution in [1.82, 2.24) is 4.90 Å². The summed E-state index contributed by atoms with van der Waals surface area (Å²) >= 11 is 0. The fourth-order valence-electron chi connectivity index (χ4n) is 1.81. The second kappa shape index (κ2) is 11.2. The highest BCUT2D eigenvalue weighted by Crippen LogP contribution is 2.09. The van der Waals surface area contributed by atoms with E-state index in [1.54, 1.807) is 0 Å². The van der Waals surface area contributed by atoms with Gasteiger partial charge < -0.3 is 10.6 Å². The lowest BCUT2D eigenvalue weighted by molar-refractivity contribution is -0.131. The lowest BCUT2D eigenvalue weighted by Gasteiger charge is -2.28. The molecule has 0 fully saturated rings. The van der Waals surface area contributed by atoms with Crippen molar-refractivity contribution in [2.24, 2.45) is 5.73 Å². The van der Waals surface area contributed by atoms with Crippen molar-refractivity contribution in [3.05, 3.63) is 0 Å². The molecule has 0 aromatic carbocycles. The molecular weight excluding hydrogens is 224 g/mol. The Kier molecular flexibility index (Phi) is 12.7. The van der Waals surface area contributed by atoms with Gasteiger partial charge in [0, 0.05) is 12.6 Å². The van der Waals surface area contributed by atoms with Crippen LogP contribution in [0.4, 0.5) is 0 Å². The zero-order valence-corrected chi connectivity index (χ0v) is 11.7. The summed E-state index contributed by atoms with van der Waals surface area (Å²) in [5.41, 5.74) is 5.42. The highest BCUT2D eigenvalue weighted by Gasteiger charge is 2.17. The molecule has 0 saturated heterocycles. The Balaban J connectivity index is 0. The van der Waals surface area contributed by atoms with E-state index in [1.165, 1.54) is 12.8 Å².